The third kappa shape index (κ3) is 14.9. The zero-order valence-electron chi connectivity index (χ0n) is 33.6. The minimum Gasteiger partial charge on any atom is -0.478 e. The van der Waals surface area contributed by atoms with Gasteiger partial charge in [-0.05, 0) is 82.3 Å². The largest absolute Gasteiger partial charge is 0.478 e. The van der Waals surface area contributed by atoms with E-state index < -0.39 is 29.4 Å². The first kappa shape index (κ1) is 46.5. The maximum Gasteiger partial charge on any atom is 0.416 e. The molecule has 0 radical (unpaired) electrons. The van der Waals surface area contributed by atoms with Crippen molar-refractivity contribution in [2.24, 2.45) is 0 Å². The number of amides is 1. The van der Waals surface area contributed by atoms with Crippen LogP contribution in [0.5, 0.6) is 0 Å². The molecule has 0 aliphatic heterocycles. The van der Waals surface area contributed by atoms with Crippen molar-refractivity contribution >= 4 is 24.3 Å². The highest BCUT2D eigenvalue weighted by molar-refractivity contribution is 5.89. The summed E-state index contributed by atoms with van der Waals surface area (Å²) in [6, 6.07) is 7.14. The number of nitrogens with zero attached hydrogens (tertiary/aromatic N) is 11. The number of alkyl halides is 6. The van der Waals surface area contributed by atoms with Crippen molar-refractivity contribution in [1.82, 2.24) is 59.7 Å². The molecule has 0 aliphatic carbocycles. The van der Waals surface area contributed by atoms with E-state index in [-0.39, 0.29) is 28.7 Å². The third-order valence-corrected chi connectivity index (χ3v) is 7.93. The number of aromatic nitrogens is 10. The molecular formula is C40H40F6N12O3. The summed E-state index contributed by atoms with van der Waals surface area (Å²) in [5, 5.41) is 19.5. The first-order valence-electron chi connectivity index (χ1n) is 17.9. The van der Waals surface area contributed by atoms with Crippen molar-refractivity contribution < 1.29 is 41.0 Å². The highest BCUT2D eigenvalue weighted by atomic mass is 19.4. The van der Waals surface area contributed by atoms with Crippen LogP contribution in [0.2, 0.25) is 0 Å². The maximum absolute atomic E-state index is 13.0. The fraction of sp³-hybridized carbons (Fsp3) is 0.250. The van der Waals surface area contributed by atoms with Gasteiger partial charge in [0, 0.05) is 91.7 Å². The van der Waals surface area contributed by atoms with E-state index in [4.69, 9.17) is 5.11 Å². The van der Waals surface area contributed by atoms with Crippen LogP contribution >= 0.6 is 0 Å². The molecule has 6 aromatic rings. The first-order chi connectivity index (χ1) is 28.7. The molecule has 0 saturated heterocycles. The summed E-state index contributed by atoms with van der Waals surface area (Å²) in [4.78, 5) is 48.3. The molecule has 21 heteroatoms. The Bertz CT molecular complexity index is 2460. The van der Waals surface area contributed by atoms with Crippen LogP contribution in [0.3, 0.4) is 0 Å². The molecule has 0 fully saturated rings. The molecule has 4 heterocycles. The second kappa shape index (κ2) is 20.7. The molecule has 0 aliphatic rings. The molecule has 15 nitrogen and oxygen atoms in total. The lowest BCUT2D eigenvalue weighted by atomic mass is 10.1. The topological polar surface area (TPSA) is 183 Å². The Balaban J connectivity index is 0.000000228. The summed E-state index contributed by atoms with van der Waals surface area (Å²) in [6.45, 7) is 7.93. The maximum atomic E-state index is 13.0. The number of carbonyl (C=O) groups excluding carboxylic acids is 1. The number of carboxylic acid groups (broad SMARTS) is 1. The summed E-state index contributed by atoms with van der Waals surface area (Å²) in [7, 11) is 3.53. The van der Waals surface area contributed by atoms with Crippen LogP contribution in [0.1, 0.15) is 45.0 Å². The van der Waals surface area contributed by atoms with Gasteiger partial charge in [0.15, 0.2) is 11.6 Å². The number of hydrogen-bond acceptors (Lipinski definition) is 11. The van der Waals surface area contributed by atoms with Crippen LogP contribution < -0.4 is 5.32 Å². The van der Waals surface area contributed by atoms with E-state index in [1.165, 1.54) is 40.6 Å². The molecule has 0 spiro atoms. The van der Waals surface area contributed by atoms with Crippen molar-refractivity contribution in [2.75, 3.05) is 14.1 Å². The second-order valence-corrected chi connectivity index (χ2v) is 13.2. The molecule has 0 bridgehead atoms. The average molecular weight is 851 g/mol. The van der Waals surface area contributed by atoms with Gasteiger partial charge in [0.25, 0.3) is 0 Å². The first-order valence-corrected chi connectivity index (χ1v) is 17.9. The average Bonchev–Trinajstić information content (AvgIpc) is 3.88. The van der Waals surface area contributed by atoms with Crippen LogP contribution in [0.15, 0.2) is 86.0 Å². The number of hydrogen-bond donors (Lipinski definition) is 2. The van der Waals surface area contributed by atoms with Crippen molar-refractivity contribution in [3.63, 3.8) is 0 Å². The SMILES string of the molecule is CNCc1cnc(C)nc1.Cc1cc(-c2ncn(/C=C\C(=O)N(C)Cc3cnc(C)nc3)n2)cc(C(F)(F)F)c1.Cc1cc(-c2ncn(/C=C\C(=O)O)n2)cc(C(F)(F)F)c1. The Morgan fingerprint density at radius 2 is 1.10 bits per heavy atom. The molecule has 6 rings (SSSR count). The Morgan fingerprint density at radius 3 is 1.51 bits per heavy atom. The van der Waals surface area contributed by atoms with Crippen LogP contribution in [-0.4, -0.2) is 85.4 Å². The highest BCUT2D eigenvalue weighted by Gasteiger charge is 2.32. The van der Waals surface area contributed by atoms with E-state index >= 15 is 0 Å². The van der Waals surface area contributed by atoms with Gasteiger partial charge in [-0.15, -0.1) is 10.2 Å². The number of rotatable bonds is 10. The Kier molecular flexibility index (Phi) is 15.8. The quantitative estimate of drug-likeness (QED) is 0.108. The lowest BCUT2D eigenvalue weighted by Gasteiger charge is -2.14. The van der Waals surface area contributed by atoms with E-state index in [2.05, 4.69) is 45.4 Å². The normalized spacial score (nSPS) is 11.5. The number of halogens is 6. The predicted octanol–water partition coefficient (Wildman–Crippen LogP) is 6.83. The molecule has 61 heavy (non-hydrogen) atoms. The smallest absolute Gasteiger partial charge is 0.416 e. The van der Waals surface area contributed by atoms with Crippen LogP contribution in [0.4, 0.5) is 26.3 Å². The number of carbonyl (C=O) groups is 2. The summed E-state index contributed by atoms with van der Waals surface area (Å²) in [5.41, 5.74) is 1.69. The number of aryl methyl sites for hydroxylation is 4. The standard InChI is InChI=1S/C20H19F3N6O.C13H10F3N3O2.C7H11N3/c1-13-6-16(8-17(7-13)20(21,22)23)19-26-12-29(27-19)5-4-18(30)28(3)11-15-9-24-14(2)25-10-15;1-8-4-9(6-10(5-8)13(14,15)16)12-17-7-19(18-12)3-2-11(20)21;1-6-9-4-7(3-8-2)5-10-6/h4-10,12H,11H2,1-3H3;2-7H,1H3,(H,20,21);4-5,8H,3H2,1-2H3/b5-4-;3-2-;. The van der Waals surface area contributed by atoms with E-state index in [0.717, 1.165) is 64.7 Å². The number of aliphatic carboxylic acids is 1. The van der Waals surface area contributed by atoms with Crippen molar-refractivity contribution in [3.8, 4) is 22.8 Å². The lowest BCUT2D eigenvalue weighted by Crippen LogP contribution is -2.24. The zero-order valence-corrected chi connectivity index (χ0v) is 33.6. The molecule has 0 saturated carbocycles. The molecule has 1 amide bonds. The Morgan fingerprint density at radius 1 is 0.672 bits per heavy atom. The van der Waals surface area contributed by atoms with Gasteiger partial charge in [-0.2, -0.15) is 26.3 Å². The summed E-state index contributed by atoms with van der Waals surface area (Å²) >= 11 is 0. The zero-order chi connectivity index (χ0) is 44.9. The molecule has 0 unspecified atom stereocenters. The summed E-state index contributed by atoms with van der Waals surface area (Å²) in [6.07, 6.45) is 5.26. The summed E-state index contributed by atoms with van der Waals surface area (Å²) in [5.74, 6) is 0.223. The van der Waals surface area contributed by atoms with Crippen LogP contribution in [0, 0.1) is 27.7 Å². The molecule has 2 N–H and O–H groups in total. The van der Waals surface area contributed by atoms with Gasteiger partial charge in [-0.3, -0.25) is 4.79 Å². The third-order valence-electron chi connectivity index (χ3n) is 7.93. The lowest BCUT2D eigenvalue weighted by molar-refractivity contribution is -0.138. The number of benzene rings is 2. The van der Waals surface area contributed by atoms with Crippen molar-refractivity contribution in [3.05, 3.63) is 131 Å². The van der Waals surface area contributed by atoms with Gasteiger partial charge < -0.3 is 15.3 Å². The fourth-order valence-electron chi connectivity index (χ4n) is 5.08. The van der Waals surface area contributed by atoms with Gasteiger partial charge in [0.1, 0.15) is 24.3 Å². The molecule has 4 aromatic heterocycles. The minimum atomic E-state index is -4.46. The monoisotopic (exact) mass is 850 g/mol. The van der Waals surface area contributed by atoms with Gasteiger partial charge >= 0.3 is 18.3 Å². The van der Waals surface area contributed by atoms with E-state index in [1.807, 2.05) is 26.4 Å². The predicted molar refractivity (Wildman–Crippen MR) is 211 cm³/mol. The van der Waals surface area contributed by atoms with E-state index in [9.17, 15) is 35.9 Å². The van der Waals surface area contributed by atoms with Gasteiger partial charge in [-0.25, -0.2) is 44.1 Å². The number of likely N-dealkylation sites (N-methyl/N-ethyl adjacent to an activating group) is 1. The number of carboxylic acids is 1. The van der Waals surface area contributed by atoms with E-state index in [1.54, 1.807) is 46.3 Å². The highest BCUT2D eigenvalue weighted by Crippen LogP contribution is 2.33. The molecule has 320 valence electrons. The molecule has 0 atom stereocenters. The van der Waals surface area contributed by atoms with Gasteiger partial charge in [-0.1, -0.05) is 0 Å². The molecule has 2 aromatic carbocycles. The second-order valence-electron chi connectivity index (χ2n) is 13.2. The Hall–Kier alpha value is -7.16. The van der Waals surface area contributed by atoms with Crippen LogP contribution in [0.25, 0.3) is 35.2 Å². The van der Waals surface area contributed by atoms with Gasteiger partial charge in [0.2, 0.25) is 5.91 Å². The Labute approximate surface area is 345 Å². The fourth-order valence-corrected chi connectivity index (χ4v) is 5.08. The van der Waals surface area contributed by atoms with Crippen molar-refractivity contribution in [2.45, 2.75) is 53.1 Å². The number of nitrogens with one attached hydrogen (secondary N) is 1. The minimum absolute atomic E-state index is 0.0826. The summed E-state index contributed by atoms with van der Waals surface area (Å²) < 4.78 is 79.7. The van der Waals surface area contributed by atoms with E-state index in [0.29, 0.717) is 23.5 Å². The van der Waals surface area contributed by atoms with Crippen LogP contribution in [-0.2, 0) is 35.0 Å². The molecular weight excluding hydrogens is 811 g/mol. The van der Waals surface area contributed by atoms with Crippen molar-refractivity contribution in [1.29, 1.82) is 0 Å². The van der Waals surface area contributed by atoms with Gasteiger partial charge in [0.05, 0.1) is 11.1 Å².